The van der Waals surface area contributed by atoms with Gasteiger partial charge in [-0.2, -0.15) is 0 Å². The Morgan fingerprint density at radius 1 is 1.32 bits per heavy atom. The third-order valence-corrected chi connectivity index (χ3v) is 2.90. The predicted molar refractivity (Wildman–Crippen MR) is 73.8 cm³/mol. The van der Waals surface area contributed by atoms with E-state index in [1.54, 1.807) is 0 Å². The molecule has 1 aromatic heterocycles. The van der Waals surface area contributed by atoms with Gasteiger partial charge in [0.05, 0.1) is 17.7 Å². The summed E-state index contributed by atoms with van der Waals surface area (Å²) >= 11 is 5.64. The molecular weight excluding hydrogens is 267 g/mol. The summed E-state index contributed by atoms with van der Waals surface area (Å²) < 4.78 is 13.6. The molecule has 0 amide bonds. The van der Waals surface area contributed by atoms with Crippen molar-refractivity contribution >= 4 is 17.4 Å². The number of hydrogen-bond acceptors (Lipinski definition) is 3. The van der Waals surface area contributed by atoms with Crippen molar-refractivity contribution in [2.45, 2.75) is 12.5 Å². The molecule has 1 heterocycles. The summed E-state index contributed by atoms with van der Waals surface area (Å²) in [6.07, 6.45) is 1.95. The van der Waals surface area contributed by atoms with Gasteiger partial charge in [-0.3, -0.25) is 0 Å². The Kier molecular flexibility index (Phi) is 4.71. The van der Waals surface area contributed by atoms with E-state index in [0.717, 1.165) is 5.56 Å². The van der Waals surface area contributed by atoms with Gasteiger partial charge >= 0.3 is 0 Å². The molecule has 5 heteroatoms. The zero-order valence-corrected chi connectivity index (χ0v) is 10.9. The number of aromatic nitrogens is 1. The zero-order valence-electron chi connectivity index (χ0n) is 10.2. The molecule has 0 aliphatic carbocycles. The molecule has 2 N–H and O–H groups in total. The molecule has 2 aromatic rings. The lowest BCUT2D eigenvalue weighted by molar-refractivity contribution is 0.273. The summed E-state index contributed by atoms with van der Waals surface area (Å²) in [6.45, 7) is -0.112. The number of halogens is 2. The normalized spacial score (nSPS) is 12.2. The quantitative estimate of drug-likeness (QED) is 0.885. The molecule has 19 heavy (non-hydrogen) atoms. The van der Waals surface area contributed by atoms with Gasteiger partial charge < -0.3 is 10.4 Å². The first kappa shape index (κ1) is 13.8. The van der Waals surface area contributed by atoms with E-state index >= 15 is 0 Å². The second-order valence-corrected chi connectivity index (χ2v) is 4.63. The van der Waals surface area contributed by atoms with Gasteiger partial charge in [0.15, 0.2) is 11.6 Å². The molecule has 0 fully saturated rings. The zero-order chi connectivity index (χ0) is 13.7. The Morgan fingerprint density at radius 3 is 2.68 bits per heavy atom. The van der Waals surface area contributed by atoms with Crippen LogP contribution in [0.5, 0.6) is 0 Å². The van der Waals surface area contributed by atoms with E-state index in [1.165, 1.54) is 12.3 Å². The van der Waals surface area contributed by atoms with Crippen LogP contribution in [0.25, 0.3) is 0 Å². The molecular formula is C14H14ClFN2O. The van der Waals surface area contributed by atoms with Gasteiger partial charge in [-0.1, -0.05) is 41.9 Å². The van der Waals surface area contributed by atoms with Crippen molar-refractivity contribution in [3.05, 3.63) is 59.0 Å². The van der Waals surface area contributed by atoms with Crippen LogP contribution in [0.2, 0.25) is 5.02 Å². The molecule has 0 bridgehead atoms. The van der Waals surface area contributed by atoms with E-state index in [-0.39, 0.29) is 23.5 Å². The Balaban J connectivity index is 2.06. The third kappa shape index (κ3) is 3.91. The molecule has 1 unspecified atom stereocenters. The molecule has 3 nitrogen and oxygen atoms in total. The summed E-state index contributed by atoms with van der Waals surface area (Å²) in [5.41, 5.74) is 1.06. The van der Waals surface area contributed by atoms with E-state index in [4.69, 9.17) is 11.6 Å². The van der Waals surface area contributed by atoms with Gasteiger partial charge in [0.25, 0.3) is 0 Å². The van der Waals surface area contributed by atoms with Crippen molar-refractivity contribution in [3.8, 4) is 0 Å². The number of hydrogen-bond donors (Lipinski definition) is 2. The molecule has 1 atom stereocenters. The van der Waals surface area contributed by atoms with Crippen LogP contribution >= 0.6 is 11.6 Å². The minimum absolute atomic E-state index is 0.0966. The van der Waals surface area contributed by atoms with E-state index < -0.39 is 5.82 Å². The van der Waals surface area contributed by atoms with Crippen LogP contribution in [-0.2, 0) is 6.42 Å². The fourth-order valence-corrected chi connectivity index (χ4v) is 1.92. The lowest BCUT2D eigenvalue weighted by atomic mass is 10.1. The van der Waals surface area contributed by atoms with Crippen molar-refractivity contribution in [1.29, 1.82) is 0 Å². The van der Waals surface area contributed by atoms with Gasteiger partial charge in [0.2, 0.25) is 0 Å². The molecule has 1 aromatic carbocycles. The minimum Gasteiger partial charge on any atom is -0.394 e. The predicted octanol–water partition coefficient (Wildman–Crippen LogP) is 2.89. The van der Waals surface area contributed by atoms with Gasteiger partial charge in [-0.25, -0.2) is 9.37 Å². The monoisotopic (exact) mass is 280 g/mol. The largest absolute Gasteiger partial charge is 0.394 e. The first-order chi connectivity index (χ1) is 9.19. The first-order valence-corrected chi connectivity index (χ1v) is 6.29. The lowest BCUT2D eigenvalue weighted by Crippen LogP contribution is -2.27. The Morgan fingerprint density at radius 2 is 2.05 bits per heavy atom. The second-order valence-electron chi connectivity index (χ2n) is 4.20. The highest BCUT2D eigenvalue weighted by molar-refractivity contribution is 6.30. The maximum atomic E-state index is 13.6. The molecule has 0 spiro atoms. The fraction of sp³-hybridized carbons (Fsp3) is 0.214. The molecule has 100 valence electrons. The SMILES string of the molecule is OCC(Cc1ccccc1)Nc1ncc(Cl)cc1F. The van der Waals surface area contributed by atoms with Crippen LogP contribution < -0.4 is 5.32 Å². The highest BCUT2D eigenvalue weighted by Gasteiger charge is 2.12. The van der Waals surface area contributed by atoms with Gasteiger partial charge in [-0.15, -0.1) is 0 Å². The van der Waals surface area contributed by atoms with Crippen LogP contribution in [-0.4, -0.2) is 22.7 Å². The van der Waals surface area contributed by atoms with Crippen LogP contribution in [0.1, 0.15) is 5.56 Å². The smallest absolute Gasteiger partial charge is 0.166 e. The number of aliphatic hydroxyl groups excluding tert-OH is 1. The van der Waals surface area contributed by atoms with Crippen LogP contribution in [0.15, 0.2) is 42.6 Å². The molecule has 0 aliphatic rings. The number of anilines is 1. The highest BCUT2D eigenvalue weighted by atomic mass is 35.5. The second kappa shape index (κ2) is 6.50. The fourth-order valence-electron chi connectivity index (χ4n) is 1.77. The van der Waals surface area contributed by atoms with Crippen LogP contribution in [0.4, 0.5) is 10.2 Å². The summed E-state index contributed by atoms with van der Waals surface area (Å²) in [6, 6.07) is 10.6. The summed E-state index contributed by atoms with van der Waals surface area (Å²) in [5.74, 6) is -0.432. The van der Waals surface area contributed by atoms with Crippen molar-refractivity contribution < 1.29 is 9.50 Å². The maximum absolute atomic E-state index is 13.6. The average Bonchev–Trinajstić information content (AvgIpc) is 2.42. The van der Waals surface area contributed by atoms with Crippen molar-refractivity contribution in [2.24, 2.45) is 0 Å². The first-order valence-electron chi connectivity index (χ1n) is 5.91. The number of nitrogens with one attached hydrogen (secondary N) is 1. The molecule has 2 rings (SSSR count). The van der Waals surface area contributed by atoms with E-state index in [2.05, 4.69) is 10.3 Å². The number of benzene rings is 1. The van der Waals surface area contributed by atoms with Crippen molar-refractivity contribution in [2.75, 3.05) is 11.9 Å². The number of rotatable bonds is 5. The van der Waals surface area contributed by atoms with E-state index in [1.807, 2.05) is 30.3 Å². The lowest BCUT2D eigenvalue weighted by Gasteiger charge is -2.17. The van der Waals surface area contributed by atoms with Gasteiger partial charge in [0, 0.05) is 6.20 Å². The number of pyridine rings is 1. The van der Waals surface area contributed by atoms with Crippen LogP contribution in [0, 0.1) is 5.82 Å². The Hall–Kier alpha value is -1.65. The van der Waals surface area contributed by atoms with Crippen molar-refractivity contribution in [1.82, 2.24) is 4.98 Å². The number of aliphatic hydroxyl groups is 1. The standard InChI is InChI=1S/C14H14ClFN2O/c15-11-7-13(16)14(17-8-11)18-12(9-19)6-10-4-2-1-3-5-10/h1-5,7-8,12,19H,6,9H2,(H,17,18). The topological polar surface area (TPSA) is 45.1 Å². The molecule has 0 radical (unpaired) electrons. The average molecular weight is 281 g/mol. The van der Waals surface area contributed by atoms with Gasteiger partial charge in [-0.05, 0) is 18.1 Å². The highest BCUT2D eigenvalue weighted by Crippen LogP contribution is 2.17. The Bertz CT molecular complexity index is 536. The summed E-state index contributed by atoms with van der Waals surface area (Å²) in [4.78, 5) is 3.88. The Labute approximate surface area is 116 Å². The molecule has 0 saturated carbocycles. The van der Waals surface area contributed by atoms with E-state index in [9.17, 15) is 9.50 Å². The minimum atomic E-state index is -0.529. The maximum Gasteiger partial charge on any atom is 0.166 e. The van der Waals surface area contributed by atoms with E-state index in [0.29, 0.717) is 6.42 Å². The third-order valence-electron chi connectivity index (χ3n) is 2.69. The number of nitrogens with zero attached hydrogens (tertiary/aromatic N) is 1. The summed E-state index contributed by atoms with van der Waals surface area (Å²) in [5, 5.41) is 12.5. The van der Waals surface area contributed by atoms with Gasteiger partial charge in [0.1, 0.15) is 0 Å². The van der Waals surface area contributed by atoms with Crippen LogP contribution in [0.3, 0.4) is 0 Å². The van der Waals surface area contributed by atoms with Crippen molar-refractivity contribution in [3.63, 3.8) is 0 Å². The summed E-state index contributed by atoms with van der Waals surface area (Å²) in [7, 11) is 0. The molecule has 0 aliphatic heterocycles. The molecule has 0 saturated heterocycles.